The van der Waals surface area contributed by atoms with Gasteiger partial charge in [0.25, 0.3) is 5.91 Å². The van der Waals surface area contributed by atoms with Crippen molar-refractivity contribution in [2.24, 2.45) is 11.3 Å². The first-order valence-corrected chi connectivity index (χ1v) is 12.6. The van der Waals surface area contributed by atoms with Crippen LogP contribution in [-0.4, -0.2) is 65.5 Å². The molecule has 1 N–H and O–H groups in total. The SMILES string of the molecule is CC(C)N(C(=O)c1cc(F)ccc1Oc1cncnc1N1CC2(CCNCC2)C1)C1CC(C(F)F)C1. The van der Waals surface area contributed by atoms with Crippen molar-refractivity contribution in [1.29, 1.82) is 0 Å². The summed E-state index contributed by atoms with van der Waals surface area (Å²) in [7, 11) is 0. The molecule has 1 spiro atoms. The van der Waals surface area contributed by atoms with Crippen molar-refractivity contribution in [3.8, 4) is 11.5 Å². The van der Waals surface area contributed by atoms with Crippen molar-refractivity contribution in [1.82, 2.24) is 20.2 Å². The Labute approximate surface area is 209 Å². The van der Waals surface area contributed by atoms with Crippen molar-refractivity contribution in [2.75, 3.05) is 31.1 Å². The van der Waals surface area contributed by atoms with Crippen LogP contribution in [0.4, 0.5) is 19.0 Å². The molecule has 1 aromatic heterocycles. The Balaban J connectivity index is 1.37. The molecule has 3 fully saturated rings. The molecule has 194 valence electrons. The molecule has 2 saturated heterocycles. The maximum atomic E-state index is 14.3. The molecule has 0 unspecified atom stereocenters. The summed E-state index contributed by atoms with van der Waals surface area (Å²) in [6, 6.07) is 3.25. The monoisotopic (exact) mass is 503 g/mol. The van der Waals surface area contributed by atoms with Gasteiger partial charge >= 0.3 is 0 Å². The number of anilines is 1. The number of hydrogen-bond donors (Lipinski definition) is 1. The zero-order valence-electron chi connectivity index (χ0n) is 20.6. The summed E-state index contributed by atoms with van der Waals surface area (Å²) in [5.74, 6) is -0.515. The van der Waals surface area contributed by atoms with Crippen molar-refractivity contribution >= 4 is 11.7 Å². The van der Waals surface area contributed by atoms with Crippen LogP contribution in [0.15, 0.2) is 30.7 Å². The maximum Gasteiger partial charge on any atom is 0.258 e. The first kappa shape index (κ1) is 24.8. The second kappa shape index (κ2) is 9.88. The van der Waals surface area contributed by atoms with Gasteiger partial charge in [0.2, 0.25) is 6.43 Å². The summed E-state index contributed by atoms with van der Waals surface area (Å²) in [5, 5.41) is 3.40. The number of amides is 1. The zero-order chi connectivity index (χ0) is 25.4. The summed E-state index contributed by atoms with van der Waals surface area (Å²) in [5.41, 5.74) is 0.332. The molecular formula is C26H32F3N5O2. The second-order valence-electron chi connectivity index (χ2n) is 10.6. The van der Waals surface area contributed by atoms with E-state index < -0.39 is 24.1 Å². The molecule has 5 rings (SSSR count). The topological polar surface area (TPSA) is 70.6 Å². The molecule has 1 aromatic carbocycles. The summed E-state index contributed by atoms with van der Waals surface area (Å²) < 4.78 is 46.6. The molecule has 3 heterocycles. The molecule has 2 aliphatic heterocycles. The summed E-state index contributed by atoms with van der Waals surface area (Å²) in [6.07, 6.45) is 3.29. The van der Waals surface area contributed by atoms with E-state index in [1.807, 2.05) is 13.8 Å². The van der Waals surface area contributed by atoms with Gasteiger partial charge in [0.05, 0.1) is 11.8 Å². The Morgan fingerprint density at radius 3 is 2.58 bits per heavy atom. The lowest BCUT2D eigenvalue weighted by molar-refractivity contribution is -0.0246. The highest BCUT2D eigenvalue weighted by Crippen LogP contribution is 2.44. The molecule has 10 heteroatoms. The average molecular weight is 504 g/mol. The van der Waals surface area contributed by atoms with Crippen molar-refractivity contribution in [2.45, 2.75) is 58.0 Å². The van der Waals surface area contributed by atoms with E-state index >= 15 is 0 Å². The summed E-state index contributed by atoms with van der Waals surface area (Å²) in [6.45, 7) is 7.41. The van der Waals surface area contributed by atoms with Gasteiger partial charge in [-0.1, -0.05) is 0 Å². The van der Waals surface area contributed by atoms with Crippen molar-refractivity contribution in [3.63, 3.8) is 0 Å². The quantitative estimate of drug-likeness (QED) is 0.601. The molecular weight excluding hydrogens is 471 g/mol. The van der Waals surface area contributed by atoms with Gasteiger partial charge < -0.3 is 19.9 Å². The lowest BCUT2D eigenvalue weighted by atomic mass is 9.72. The van der Waals surface area contributed by atoms with Crippen LogP contribution >= 0.6 is 0 Å². The largest absolute Gasteiger partial charge is 0.451 e. The second-order valence-corrected chi connectivity index (χ2v) is 10.6. The third-order valence-corrected chi connectivity index (χ3v) is 7.76. The van der Waals surface area contributed by atoms with Crippen LogP contribution in [0, 0.1) is 17.2 Å². The number of nitrogens with one attached hydrogen (secondary N) is 1. The number of aromatic nitrogens is 2. The predicted octanol–water partition coefficient (Wildman–Crippen LogP) is 4.49. The van der Waals surface area contributed by atoms with Gasteiger partial charge in [0.1, 0.15) is 17.9 Å². The number of carbonyl (C=O) groups is 1. The standard InChI is InChI=1S/C26H32F3N5O2/c1-16(2)34(19-9-17(10-19)23(28)29)25(35)20-11-18(27)3-4-21(20)36-22-12-31-15-32-24(22)33-13-26(14-33)5-7-30-8-6-26/h3-4,11-12,15-17,19,23,30H,5-10,13-14H2,1-2H3. The van der Waals surface area contributed by atoms with Gasteiger partial charge in [-0.15, -0.1) is 0 Å². The molecule has 7 nitrogen and oxygen atoms in total. The minimum Gasteiger partial charge on any atom is -0.451 e. The number of ether oxygens (including phenoxy) is 1. The van der Waals surface area contributed by atoms with Crippen LogP contribution in [0.3, 0.4) is 0 Å². The average Bonchev–Trinajstić information content (AvgIpc) is 2.80. The van der Waals surface area contributed by atoms with E-state index in [0.717, 1.165) is 45.1 Å². The van der Waals surface area contributed by atoms with E-state index in [2.05, 4.69) is 20.2 Å². The molecule has 36 heavy (non-hydrogen) atoms. The van der Waals surface area contributed by atoms with Gasteiger partial charge in [0.15, 0.2) is 11.6 Å². The molecule has 0 atom stereocenters. The van der Waals surface area contributed by atoms with E-state index in [4.69, 9.17) is 4.74 Å². The number of piperidine rings is 1. The number of alkyl halides is 2. The molecule has 1 amide bonds. The van der Waals surface area contributed by atoms with Crippen LogP contribution in [0.5, 0.6) is 11.5 Å². The third-order valence-electron chi connectivity index (χ3n) is 7.76. The molecule has 0 radical (unpaired) electrons. The minimum absolute atomic E-state index is 0.0532. The Morgan fingerprint density at radius 2 is 1.92 bits per heavy atom. The van der Waals surface area contributed by atoms with Crippen molar-refractivity contribution < 1.29 is 22.7 Å². The molecule has 3 aliphatic rings. The smallest absolute Gasteiger partial charge is 0.258 e. The Morgan fingerprint density at radius 1 is 1.19 bits per heavy atom. The number of nitrogens with zero attached hydrogens (tertiary/aromatic N) is 4. The summed E-state index contributed by atoms with van der Waals surface area (Å²) in [4.78, 5) is 25.9. The van der Waals surface area contributed by atoms with Crippen LogP contribution in [-0.2, 0) is 0 Å². The van der Waals surface area contributed by atoms with Crippen LogP contribution in [0.25, 0.3) is 0 Å². The van der Waals surface area contributed by atoms with E-state index in [0.29, 0.717) is 11.6 Å². The number of rotatable bonds is 7. The zero-order valence-corrected chi connectivity index (χ0v) is 20.6. The fourth-order valence-electron chi connectivity index (χ4n) is 5.71. The van der Waals surface area contributed by atoms with Gasteiger partial charge in [-0.2, -0.15) is 0 Å². The first-order chi connectivity index (χ1) is 17.3. The van der Waals surface area contributed by atoms with Gasteiger partial charge in [0, 0.05) is 36.5 Å². The van der Waals surface area contributed by atoms with Gasteiger partial charge in [-0.25, -0.2) is 23.1 Å². The normalized spacial score (nSPS) is 22.9. The lowest BCUT2D eigenvalue weighted by Gasteiger charge is -2.53. The van der Waals surface area contributed by atoms with Crippen LogP contribution in [0.2, 0.25) is 0 Å². The molecule has 0 bridgehead atoms. The number of carbonyl (C=O) groups excluding carboxylic acids is 1. The minimum atomic E-state index is -2.40. The number of halogens is 3. The van der Waals surface area contributed by atoms with E-state index in [1.54, 1.807) is 11.1 Å². The van der Waals surface area contributed by atoms with E-state index in [9.17, 15) is 18.0 Å². The fraction of sp³-hybridized carbons (Fsp3) is 0.577. The highest BCUT2D eigenvalue weighted by molar-refractivity contribution is 5.97. The van der Waals surface area contributed by atoms with Crippen LogP contribution in [0.1, 0.15) is 49.9 Å². The number of hydrogen-bond acceptors (Lipinski definition) is 6. The van der Waals surface area contributed by atoms with Crippen molar-refractivity contribution in [3.05, 3.63) is 42.1 Å². The highest BCUT2D eigenvalue weighted by atomic mass is 19.3. The Kier molecular flexibility index (Phi) is 6.80. The third kappa shape index (κ3) is 4.75. The molecule has 1 saturated carbocycles. The van der Waals surface area contributed by atoms with E-state index in [-0.39, 0.29) is 41.7 Å². The Bertz CT molecular complexity index is 1090. The lowest BCUT2D eigenvalue weighted by Crippen LogP contribution is -2.60. The molecule has 1 aliphatic carbocycles. The first-order valence-electron chi connectivity index (χ1n) is 12.6. The van der Waals surface area contributed by atoms with Crippen LogP contribution < -0.4 is 15.0 Å². The predicted molar refractivity (Wildman–Crippen MR) is 129 cm³/mol. The highest BCUT2D eigenvalue weighted by Gasteiger charge is 2.45. The maximum absolute atomic E-state index is 14.3. The summed E-state index contributed by atoms with van der Waals surface area (Å²) >= 11 is 0. The molecule has 2 aromatic rings. The van der Waals surface area contributed by atoms with Gasteiger partial charge in [-0.3, -0.25) is 4.79 Å². The number of benzene rings is 1. The fourth-order valence-corrected chi connectivity index (χ4v) is 5.71. The van der Waals surface area contributed by atoms with Gasteiger partial charge in [-0.05, 0) is 70.8 Å². The Hall–Kier alpha value is -2.88. The van der Waals surface area contributed by atoms with E-state index in [1.165, 1.54) is 18.5 Å².